The summed E-state index contributed by atoms with van der Waals surface area (Å²) in [5.41, 5.74) is -3.07. The van der Waals surface area contributed by atoms with Gasteiger partial charge in [-0.25, -0.2) is 27.9 Å². The third-order valence-corrected chi connectivity index (χ3v) is 9.30. The van der Waals surface area contributed by atoms with Crippen LogP contribution in [0.1, 0.15) is 80.3 Å². The molecule has 2 N–H and O–H groups in total. The molecule has 1 aromatic heterocycles. The predicted molar refractivity (Wildman–Crippen MR) is 204 cm³/mol. The zero-order chi connectivity index (χ0) is 43.9. The molecule has 4 aromatic rings. The number of phosphoric acid groups is 1. The average molecular weight is 856 g/mol. The van der Waals surface area contributed by atoms with Crippen molar-refractivity contribution < 1.29 is 68.7 Å². The highest BCUT2D eigenvalue weighted by Crippen LogP contribution is 2.56. The molecule has 0 fully saturated rings. The lowest BCUT2D eigenvalue weighted by molar-refractivity contribution is -0.137. The minimum atomic E-state index is -4.83. The van der Waals surface area contributed by atoms with Crippen LogP contribution in [0.2, 0.25) is 0 Å². The van der Waals surface area contributed by atoms with E-state index in [-0.39, 0.29) is 41.5 Å². The summed E-state index contributed by atoms with van der Waals surface area (Å²) in [6.45, 7) is 10.6. The molecule has 0 bridgehead atoms. The lowest BCUT2D eigenvalue weighted by Gasteiger charge is -2.30. The Morgan fingerprint density at radius 3 is 2.07 bits per heavy atom. The number of anilines is 1. The Morgan fingerprint density at radius 2 is 1.49 bits per heavy atom. The monoisotopic (exact) mass is 855 g/mol. The van der Waals surface area contributed by atoms with E-state index in [9.17, 15) is 40.9 Å². The second-order valence-electron chi connectivity index (χ2n) is 14.8. The van der Waals surface area contributed by atoms with E-state index in [2.05, 4.69) is 20.7 Å². The van der Waals surface area contributed by atoms with Crippen LogP contribution in [0.3, 0.4) is 0 Å². The Balaban J connectivity index is 1.51. The molecule has 3 aromatic carbocycles. The van der Waals surface area contributed by atoms with Crippen molar-refractivity contribution in [1.29, 1.82) is 0 Å². The first kappa shape index (κ1) is 46.4. The highest BCUT2D eigenvalue weighted by molar-refractivity contribution is 7.48. The van der Waals surface area contributed by atoms with Crippen LogP contribution in [-0.4, -0.2) is 71.5 Å². The first-order valence-electron chi connectivity index (χ1n) is 17.7. The first-order valence-corrected chi connectivity index (χ1v) is 19.1. The molecule has 59 heavy (non-hydrogen) atoms. The Labute approximate surface area is 335 Å². The molecule has 15 nitrogen and oxygen atoms in total. The molecule has 0 saturated carbocycles. The van der Waals surface area contributed by atoms with Crippen molar-refractivity contribution in [2.75, 3.05) is 25.8 Å². The van der Waals surface area contributed by atoms with Crippen molar-refractivity contribution in [3.63, 3.8) is 0 Å². The predicted octanol–water partition coefficient (Wildman–Crippen LogP) is 8.62. The van der Waals surface area contributed by atoms with Gasteiger partial charge < -0.3 is 19.5 Å². The molecule has 21 heteroatoms. The molecule has 0 spiro atoms. The Morgan fingerprint density at radius 1 is 0.864 bits per heavy atom. The summed E-state index contributed by atoms with van der Waals surface area (Å²) in [5, 5.41) is 9.01. The van der Waals surface area contributed by atoms with Crippen LogP contribution in [0, 0.1) is 11.6 Å². The molecule has 0 saturated heterocycles. The summed E-state index contributed by atoms with van der Waals surface area (Å²) in [7, 11) is -2.64. The number of rotatable bonds is 13. The van der Waals surface area contributed by atoms with Gasteiger partial charge in [0.05, 0.1) is 47.1 Å². The number of fused-ring (bicyclic) bond motifs is 1. The van der Waals surface area contributed by atoms with Crippen molar-refractivity contribution in [2.24, 2.45) is 4.99 Å². The molecule has 0 aliphatic carbocycles. The number of carbonyl (C=O) groups excluding carboxylic acids is 3. The van der Waals surface area contributed by atoms with E-state index in [1.54, 1.807) is 48.5 Å². The van der Waals surface area contributed by atoms with E-state index in [4.69, 9.17) is 27.8 Å². The van der Waals surface area contributed by atoms with Gasteiger partial charge in [-0.3, -0.25) is 23.7 Å². The number of aromatic nitrogens is 2. The fourth-order valence-corrected chi connectivity index (χ4v) is 6.75. The van der Waals surface area contributed by atoms with Crippen molar-refractivity contribution in [3.8, 4) is 0 Å². The van der Waals surface area contributed by atoms with E-state index < -0.39 is 78.7 Å². The van der Waals surface area contributed by atoms with Gasteiger partial charge in [0.15, 0.2) is 17.5 Å². The van der Waals surface area contributed by atoms with Crippen molar-refractivity contribution in [3.05, 3.63) is 94.6 Å². The normalized spacial score (nSPS) is 13.3. The maximum atomic E-state index is 13.9. The SMILES string of the molecule is COC[C@H](C)N=C(NC(=O)c1ccc(F)c(F)c1)Nc1nn(C(=O)OCOC(=O)c2ccc(COP(=O)(OC(C)(C)C)OC(C)(C)C)cc2)c2cc(C(F)(F)F)ccc12. The zero-order valence-corrected chi connectivity index (χ0v) is 34.1. The van der Waals surface area contributed by atoms with Crippen LogP contribution < -0.4 is 10.6 Å². The van der Waals surface area contributed by atoms with Crippen molar-refractivity contribution in [2.45, 2.75) is 78.5 Å². The molecule has 320 valence electrons. The number of nitrogens with one attached hydrogen (secondary N) is 2. The quantitative estimate of drug-likeness (QED) is 0.0327. The highest BCUT2D eigenvalue weighted by atomic mass is 31.2. The Bertz CT molecular complexity index is 2220. The number of methoxy groups -OCH3 is 1. The molecule has 1 heterocycles. The third kappa shape index (κ3) is 13.6. The number of nitrogens with zero attached hydrogens (tertiary/aromatic N) is 3. The van der Waals surface area contributed by atoms with Gasteiger partial charge in [0.2, 0.25) is 12.8 Å². The number of hydrogen-bond acceptors (Lipinski definition) is 12. The highest BCUT2D eigenvalue weighted by Gasteiger charge is 2.37. The maximum absolute atomic E-state index is 13.9. The number of halogens is 5. The number of benzene rings is 3. The van der Waals surface area contributed by atoms with Gasteiger partial charge in [0.1, 0.15) is 0 Å². The summed E-state index contributed by atoms with van der Waals surface area (Å²) in [6.07, 6.45) is -6.20. The molecule has 0 radical (unpaired) electrons. The second-order valence-corrected chi connectivity index (χ2v) is 16.3. The lowest BCUT2D eigenvalue weighted by atomic mass is 10.1. The summed E-state index contributed by atoms with van der Waals surface area (Å²) in [5.74, 6) is -5.02. The van der Waals surface area contributed by atoms with E-state index in [1.807, 2.05) is 0 Å². The summed E-state index contributed by atoms with van der Waals surface area (Å²) in [4.78, 5) is 43.3. The number of amides is 1. The summed E-state index contributed by atoms with van der Waals surface area (Å²) in [6, 6.07) is 9.80. The summed E-state index contributed by atoms with van der Waals surface area (Å²) >= 11 is 0. The van der Waals surface area contributed by atoms with Crippen LogP contribution in [0.5, 0.6) is 0 Å². The largest absolute Gasteiger partial charge is 0.476 e. The van der Waals surface area contributed by atoms with E-state index >= 15 is 0 Å². The number of esters is 1. The molecule has 1 atom stereocenters. The van der Waals surface area contributed by atoms with Crippen LogP contribution >= 0.6 is 7.82 Å². The number of carbonyl (C=O) groups is 3. The topological polar surface area (TPSA) is 178 Å². The number of phosphoric ester groups is 1. The van der Waals surface area contributed by atoms with Gasteiger partial charge in [-0.1, -0.05) is 12.1 Å². The average Bonchev–Trinajstić information content (AvgIpc) is 3.47. The molecular weight excluding hydrogens is 812 g/mol. The smallest absolute Gasteiger partial charge is 0.424 e. The van der Waals surface area contributed by atoms with Gasteiger partial charge in [0, 0.05) is 18.1 Å². The van der Waals surface area contributed by atoms with E-state index in [0.717, 1.165) is 24.3 Å². The second kappa shape index (κ2) is 18.8. The van der Waals surface area contributed by atoms with Gasteiger partial charge in [-0.05, 0) is 103 Å². The van der Waals surface area contributed by atoms with Crippen LogP contribution in [0.25, 0.3) is 10.9 Å². The molecule has 0 unspecified atom stereocenters. The molecule has 4 rings (SSSR count). The Kier molecular flexibility index (Phi) is 14.8. The third-order valence-electron chi connectivity index (χ3n) is 7.31. The fourth-order valence-electron chi connectivity index (χ4n) is 4.96. The van der Waals surface area contributed by atoms with Gasteiger partial charge >= 0.3 is 26.1 Å². The lowest BCUT2D eigenvalue weighted by Crippen LogP contribution is -2.37. The zero-order valence-electron chi connectivity index (χ0n) is 33.2. The van der Waals surface area contributed by atoms with Gasteiger partial charge in [-0.15, -0.1) is 5.10 Å². The van der Waals surface area contributed by atoms with Gasteiger partial charge in [-0.2, -0.15) is 17.9 Å². The first-order chi connectivity index (χ1) is 27.4. The minimum absolute atomic E-state index is 0.00986. The van der Waals surface area contributed by atoms with Crippen LogP contribution in [-0.2, 0) is 45.1 Å². The number of hydrogen-bond donors (Lipinski definition) is 2. The number of aliphatic imine (C=N–C) groups is 1. The van der Waals surface area contributed by atoms with Crippen molar-refractivity contribution in [1.82, 2.24) is 15.1 Å². The number of alkyl halides is 3. The van der Waals surface area contributed by atoms with E-state index in [0.29, 0.717) is 22.4 Å². The molecule has 1 amide bonds. The molecular formula is C38H43F5N5O10P. The number of ether oxygens (including phenoxy) is 3. The molecule has 0 aliphatic rings. The standard InChI is InChI=1S/C38H43F5N5O10P/c1-22(19-53-8)44-34(46-32(49)25-13-16-28(39)29(40)17-25)45-31-27-15-14-26(38(41,42)43)18-30(27)48(47-31)35(51)55-21-54-33(50)24-11-9-23(10-12-24)20-56-59(52,57-36(2,3)4)58-37(5,6)7/h9-18,22H,19-21H2,1-8H3,(H2,44,45,46,47,49)/t22-/m0/s1. The van der Waals surface area contributed by atoms with E-state index in [1.165, 1.54) is 31.4 Å². The molecule has 0 aliphatic heterocycles. The Hall–Kier alpha value is -5.27. The summed E-state index contributed by atoms with van der Waals surface area (Å²) < 4.78 is 114. The number of guanidine groups is 1. The van der Waals surface area contributed by atoms with Crippen LogP contribution in [0.4, 0.5) is 32.6 Å². The maximum Gasteiger partial charge on any atom is 0.476 e. The van der Waals surface area contributed by atoms with Crippen molar-refractivity contribution >= 4 is 48.5 Å². The minimum Gasteiger partial charge on any atom is -0.424 e. The van der Waals surface area contributed by atoms with Gasteiger partial charge in [0.25, 0.3) is 5.91 Å². The van der Waals surface area contributed by atoms with Crippen LogP contribution in [0.15, 0.2) is 65.7 Å². The fraction of sp³-hybridized carbons (Fsp3) is 0.395.